The van der Waals surface area contributed by atoms with Crippen LogP contribution in [-0.4, -0.2) is 7.05 Å². The van der Waals surface area contributed by atoms with E-state index in [4.69, 9.17) is 0 Å². The molecule has 1 aromatic carbocycles. The van der Waals surface area contributed by atoms with Gasteiger partial charge in [-0.2, -0.15) is 0 Å². The molecular weight excluding hydrogens is 202 g/mol. The van der Waals surface area contributed by atoms with Crippen molar-refractivity contribution in [3.8, 4) is 0 Å². The highest BCUT2D eigenvalue weighted by atomic mass is 79.9. The van der Waals surface area contributed by atoms with E-state index in [1.165, 1.54) is 0 Å². The topological polar surface area (TPSA) is 12.0 Å². The average Bonchev–Trinajstić information content (AvgIpc) is 2.04. The molecule has 58 valence electrons. The number of hydrogen-bond acceptors (Lipinski definition) is 1. The van der Waals surface area contributed by atoms with Gasteiger partial charge in [-0.3, -0.25) is 0 Å². The number of anilines is 1. The van der Waals surface area contributed by atoms with Crippen LogP contribution in [-0.2, 0) is 0 Å². The highest BCUT2D eigenvalue weighted by Crippen LogP contribution is 2.24. The lowest BCUT2D eigenvalue weighted by molar-refractivity contribution is 1.48. The third-order valence-corrected chi connectivity index (χ3v) is 2.22. The Morgan fingerprint density at radius 1 is 1.55 bits per heavy atom. The van der Waals surface area contributed by atoms with Gasteiger partial charge in [-0.15, -0.1) is 0 Å². The Bertz CT molecular complexity index is 268. The third kappa shape index (κ3) is 1.63. The van der Waals surface area contributed by atoms with Gasteiger partial charge in [0.05, 0.1) is 0 Å². The summed E-state index contributed by atoms with van der Waals surface area (Å²) in [5, 5.41) is 3.09. The highest BCUT2D eigenvalue weighted by molar-refractivity contribution is 9.10. The second kappa shape index (κ2) is 3.58. The van der Waals surface area contributed by atoms with Crippen molar-refractivity contribution in [2.24, 2.45) is 0 Å². The predicted octanol–water partition coefficient (Wildman–Crippen LogP) is 3.13. The van der Waals surface area contributed by atoms with Gasteiger partial charge in [-0.05, 0) is 12.1 Å². The van der Waals surface area contributed by atoms with Gasteiger partial charge in [-0.25, -0.2) is 0 Å². The van der Waals surface area contributed by atoms with Crippen molar-refractivity contribution in [1.82, 2.24) is 0 Å². The zero-order valence-electron chi connectivity index (χ0n) is 6.39. The number of benzene rings is 1. The summed E-state index contributed by atoms with van der Waals surface area (Å²) >= 11 is 3.44. The molecule has 0 aromatic heterocycles. The first-order valence-corrected chi connectivity index (χ1v) is 4.17. The van der Waals surface area contributed by atoms with Gasteiger partial charge in [0.15, 0.2) is 0 Å². The van der Waals surface area contributed by atoms with Crippen molar-refractivity contribution in [1.29, 1.82) is 0 Å². The molecule has 1 nitrogen and oxygen atoms in total. The van der Waals surface area contributed by atoms with Gasteiger partial charge in [0.1, 0.15) is 0 Å². The maximum Gasteiger partial charge on any atom is 0.0422 e. The molecule has 0 saturated heterocycles. The molecule has 1 aromatic rings. The Hall–Kier alpha value is -0.760. The fourth-order valence-electron chi connectivity index (χ4n) is 0.962. The molecule has 0 radical (unpaired) electrons. The summed E-state index contributed by atoms with van der Waals surface area (Å²) < 4.78 is 1.07. The van der Waals surface area contributed by atoms with Crippen molar-refractivity contribution in [2.75, 3.05) is 12.4 Å². The second-order valence-corrected chi connectivity index (χ2v) is 3.01. The van der Waals surface area contributed by atoms with Crippen LogP contribution in [0.5, 0.6) is 0 Å². The van der Waals surface area contributed by atoms with Crippen LogP contribution in [0.3, 0.4) is 0 Å². The van der Waals surface area contributed by atoms with Gasteiger partial charge in [-0.1, -0.05) is 34.7 Å². The highest BCUT2D eigenvalue weighted by Gasteiger charge is 1.99. The molecule has 0 heterocycles. The van der Waals surface area contributed by atoms with Crippen molar-refractivity contribution in [3.05, 3.63) is 34.8 Å². The lowest BCUT2D eigenvalue weighted by Gasteiger charge is -2.05. The largest absolute Gasteiger partial charge is 0.388 e. The molecule has 0 aliphatic heterocycles. The Kier molecular flexibility index (Phi) is 2.71. The molecule has 1 rings (SSSR count). The summed E-state index contributed by atoms with van der Waals surface area (Å²) in [7, 11) is 1.90. The average molecular weight is 212 g/mol. The Morgan fingerprint density at radius 3 is 2.73 bits per heavy atom. The zero-order valence-corrected chi connectivity index (χ0v) is 7.98. The molecule has 0 saturated carbocycles. The van der Waals surface area contributed by atoms with E-state index in [2.05, 4.69) is 27.8 Å². The SMILES string of the molecule is C=Cc1c(Br)cccc1NC. The third-order valence-electron chi connectivity index (χ3n) is 1.53. The van der Waals surface area contributed by atoms with Gasteiger partial charge < -0.3 is 5.32 Å². The molecule has 0 unspecified atom stereocenters. The molecule has 0 atom stereocenters. The molecule has 0 fully saturated rings. The molecular formula is C9H10BrN. The summed E-state index contributed by atoms with van der Waals surface area (Å²) in [6.45, 7) is 3.73. The number of hydrogen-bond donors (Lipinski definition) is 1. The minimum absolute atomic E-state index is 1.07. The van der Waals surface area contributed by atoms with Crippen LogP contribution >= 0.6 is 15.9 Å². The summed E-state index contributed by atoms with van der Waals surface area (Å²) in [5.74, 6) is 0. The van der Waals surface area contributed by atoms with E-state index in [9.17, 15) is 0 Å². The number of rotatable bonds is 2. The van der Waals surface area contributed by atoms with E-state index >= 15 is 0 Å². The number of halogens is 1. The minimum Gasteiger partial charge on any atom is -0.388 e. The zero-order chi connectivity index (χ0) is 8.27. The van der Waals surface area contributed by atoms with Crippen LogP contribution in [0.4, 0.5) is 5.69 Å². The van der Waals surface area contributed by atoms with E-state index in [1.807, 2.05) is 31.3 Å². The van der Waals surface area contributed by atoms with Gasteiger partial charge in [0, 0.05) is 22.8 Å². The summed E-state index contributed by atoms with van der Waals surface area (Å²) in [6, 6.07) is 6.00. The molecule has 0 aliphatic rings. The molecule has 0 spiro atoms. The van der Waals surface area contributed by atoms with Gasteiger partial charge >= 0.3 is 0 Å². The second-order valence-electron chi connectivity index (χ2n) is 2.16. The van der Waals surface area contributed by atoms with Crippen LogP contribution < -0.4 is 5.32 Å². The van der Waals surface area contributed by atoms with Crippen molar-refractivity contribution < 1.29 is 0 Å². The van der Waals surface area contributed by atoms with Crippen molar-refractivity contribution >= 4 is 27.7 Å². The predicted molar refractivity (Wildman–Crippen MR) is 53.8 cm³/mol. The van der Waals surface area contributed by atoms with Crippen LogP contribution in [0.25, 0.3) is 6.08 Å². The van der Waals surface area contributed by atoms with Gasteiger partial charge in [0.2, 0.25) is 0 Å². The smallest absolute Gasteiger partial charge is 0.0422 e. The lowest BCUT2D eigenvalue weighted by Crippen LogP contribution is -1.91. The van der Waals surface area contributed by atoms with E-state index < -0.39 is 0 Å². The quantitative estimate of drug-likeness (QED) is 0.793. The number of nitrogens with one attached hydrogen (secondary N) is 1. The van der Waals surface area contributed by atoms with Crippen molar-refractivity contribution in [3.63, 3.8) is 0 Å². The first kappa shape index (κ1) is 8.34. The molecule has 2 heteroatoms. The molecule has 0 aliphatic carbocycles. The molecule has 0 bridgehead atoms. The Labute approximate surface area is 75.3 Å². The standard InChI is InChI=1S/C9H10BrN/c1-3-7-8(10)5-4-6-9(7)11-2/h3-6,11H,1H2,2H3. The van der Waals surface area contributed by atoms with Crippen LogP contribution in [0.15, 0.2) is 29.3 Å². The molecule has 0 amide bonds. The normalized spacial score (nSPS) is 9.27. The van der Waals surface area contributed by atoms with E-state index in [1.54, 1.807) is 0 Å². The van der Waals surface area contributed by atoms with Gasteiger partial charge in [0.25, 0.3) is 0 Å². The Balaban J connectivity index is 3.24. The summed E-state index contributed by atoms with van der Waals surface area (Å²) in [5.41, 5.74) is 2.20. The lowest BCUT2D eigenvalue weighted by atomic mass is 10.2. The molecule has 11 heavy (non-hydrogen) atoms. The molecule has 1 N–H and O–H groups in total. The fraction of sp³-hybridized carbons (Fsp3) is 0.111. The van der Waals surface area contributed by atoms with E-state index in [0.29, 0.717) is 0 Å². The summed E-state index contributed by atoms with van der Waals surface area (Å²) in [6.07, 6.45) is 1.83. The van der Waals surface area contributed by atoms with Crippen LogP contribution in [0.2, 0.25) is 0 Å². The Morgan fingerprint density at radius 2 is 2.27 bits per heavy atom. The maximum atomic E-state index is 3.73. The minimum atomic E-state index is 1.07. The first-order valence-electron chi connectivity index (χ1n) is 3.38. The van der Waals surface area contributed by atoms with Crippen LogP contribution in [0, 0.1) is 0 Å². The van der Waals surface area contributed by atoms with Crippen molar-refractivity contribution in [2.45, 2.75) is 0 Å². The van der Waals surface area contributed by atoms with Crippen LogP contribution in [0.1, 0.15) is 5.56 Å². The first-order chi connectivity index (χ1) is 5.29. The summed E-state index contributed by atoms with van der Waals surface area (Å²) in [4.78, 5) is 0. The van der Waals surface area contributed by atoms with E-state index in [0.717, 1.165) is 15.7 Å². The fourth-order valence-corrected chi connectivity index (χ4v) is 1.49. The maximum absolute atomic E-state index is 3.73. The monoisotopic (exact) mass is 211 g/mol. The van der Waals surface area contributed by atoms with E-state index in [-0.39, 0.29) is 0 Å².